The van der Waals surface area contributed by atoms with Crippen LogP contribution in [0.25, 0.3) is 0 Å². The zero-order valence-electron chi connectivity index (χ0n) is 17.7. The van der Waals surface area contributed by atoms with Crippen LogP contribution in [0.15, 0.2) is 72.8 Å². The van der Waals surface area contributed by atoms with E-state index >= 15 is 0 Å². The van der Waals surface area contributed by atoms with E-state index in [9.17, 15) is 8.42 Å². The number of nitrogens with two attached hydrogens (primary N) is 1. The quantitative estimate of drug-likeness (QED) is 0.491. The first-order valence-electron chi connectivity index (χ1n) is 9.74. The van der Waals surface area contributed by atoms with Gasteiger partial charge in [0.2, 0.25) is 0 Å². The number of nitrogens with zero attached hydrogens (tertiary/aromatic N) is 1. The molecule has 0 saturated carbocycles. The molecule has 2 atom stereocenters. The monoisotopic (exact) mass is 510 g/mol. The Balaban J connectivity index is 2.14. The van der Waals surface area contributed by atoms with Crippen LogP contribution in [0.3, 0.4) is 0 Å². The van der Waals surface area contributed by atoms with E-state index in [0.29, 0.717) is 0 Å². The number of aryl methyl sites for hydroxylation is 3. The van der Waals surface area contributed by atoms with Crippen LogP contribution in [0.2, 0.25) is 0 Å². The molecule has 4 nitrogen and oxygen atoms in total. The molecule has 2 unspecified atom stereocenters. The molecule has 160 valence electrons. The Hall–Kier alpha value is -1.85. The summed E-state index contributed by atoms with van der Waals surface area (Å²) in [7, 11) is -3.51. The summed E-state index contributed by atoms with van der Waals surface area (Å²) < 4.78 is 28.9. The van der Waals surface area contributed by atoms with E-state index in [1.165, 1.54) is 11.8 Å². The van der Waals surface area contributed by atoms with Crippen LogP contribution in [0, 0.1) is 20.8 Å². The van der Waals surface area contributed by atoms with Crippen LogP contribution < -0.4 is 9.89 Å². The standard InChI is InChI=1S/C15H17N2O2S.C9H11.Ru/c1-20(18,19)17-15(13-10-6-3-7-11-13)14(16)12-8-4-2-5-9-12;1-7-4-8(2)6-9(3)5-7;/h2-11,14-15H,16H2,1H3;4-5H,1-3H3;/q-1;;+1. The Morgan fingerprint density at radius 2 is 1.30 bits per heavy atom. The summed E-state index contributed by atoms with van der Waals surface area (Å²) in [6.07, 6.45) is 1.29. The summed E-state index contributed by atoms with van der Waals surface area (Å²) in [5.74, 6) is 0. The van der Waals surface area contributed by atoms with Crippen molar-refractivity contribution in [2.24, 2.45) is 5.73 Å². The summed E-state index contributed by atoms with van der Waals surface area (Å²) in [6.45, 7) is 6.17. The second kappa shape index (κ2) is 9.53. The molecule has 0 aliphatic heterocycles. The van der Waals surface area contributed by atoms with Gasteiger partial charge in [-0.25, -0.2) is 0 Å². The molecule has 0 amide bonds. The Morgan fingerprint density at radius 3 is 1.77 bits per heavy atom. The second-order valence-corrected chi connectivity index (χ2v) is 12.0. The van der Waals surface area contributed by atoms with Crippen molar-refractivity contribution in [3.63, 3.8) is 0 Å². The van der Waals surface area contributed by atoms with Gasteiger partial charge in [-0.05, 0) is 0 Å². The molecule has 0 spiro atoms. The number of hydrogen-bond donors (Lipinski definition) is 1. The topological polar surface area (TPSA) is 63.4 Å². The molecule has 0 aliphatic rings. The fraction of sp³-hybridized carbons (Fsp3) is 0.250. The predicted molar refractivity (Wildman–Crippen MR) is 120 cm³/mol. The minimum atomic E-state index is -3.51. The van der Waals surface area contributed by atoms with E-state index in [0.717, 1.165) is 26.4 Å². The third-order valence-electron chi connectivity index (χ3n) is 4.90. The molecule has 0 heterocycles. The van der Waals surface area contributed by atoms with Gasteiger partial charge < -0.3 is 0 Å². The van der Waals surface area contributed by atoms with Crippen molar-refractivity contribution >= 4 is 14.2 Å². The van der Waals surface area contributed by atoms with Crippen molar-refractivity contribution in [3.05, 3.63) is 101 Å². The molecule has 0 fully saturated rings. The van der Waals surface area contributed by atoms with Gasteiger partial charge >= 0.3 is 188 Å². The summed E-state index contributed by atoms with van der Waals surface area (Å²) >= 11 is -0.777. The van der Waals surface area contributed by atoms with Gasteiger partial charge in [0.15, 0.2) is 0 Å². The molecule has 0 radical (unpaired) electrons. The van der Waals surface area contributed by atoms with Crippen molar-refractivity contribution in [1.29, 1.82) is 0 Å². The van der Waals surface area contributed by atoms with Gasteiger partial charge in [0.25, 0.3) is 0 Å². The third kappa shape index (κ3) is 5.25. The van der Waals surface area contributed by atoms with Crippen molar-refractivity contribution in [1.82, 2.24) is 3.05 Å². The van der Waals surface area contributed by atoms with Crippen molar-refractivity contribution in [2.45, 2.75) is 32.9 Å². The van der Waals surface area contributed by atoms with Crippen LogP contribution in [0.4, 0.5) is 0 Å². The molecule has 6 heteroatoms. The number of rotatable bonds is 7. The van der Waals surface area contributed by atoms with Gasteiger partial charge in [0, 0.05) is 0 Å². The maximum absolute atomic E-state index is 13.1. The Labute approximate surface area is 188 Å². The molecule has 30 heavy (non-hydrogen) atoms. The normalized spacial score (nSPS) is 14.1. The van der Waals surface area contributed by atoms with Crippen molar-refractivity contribution in [2.75, 3.05) is 6.26 Å². The predicted octanol–water partition coefficient (Wildman–Crippen LogP) is 3.94. The van der Waals surface area contributed by atoms with Crippen molar-refractivity contribution < 1.29 is 25.8 Å². The third-order valence-corrected chi connectivity index (χ3v) is 10.5. The fourth-order valence-electron chi connectivity index (χ4n) is 3.63. The minimum absolute atomic E-state index is 0.483. The molecule has 2 N–H and O–H groups in total. The van der Waals surface area contributed by atoms with Gasteiger partial charge in [0.05, 0.1) is 0 Å². The summed E-state index contributed by atoms with van der Waals surface area (Å²) in [6, 6.07) is 22.7. The maximum atomic E-state index is 13.1. The van der Waals surface area contributed by atoms with Gasteiger partial charge in [-0.3, -0.25) is 0 Å². The zero-order valence-corrected chi connectivity index (χ0v) is 20.2. The van der Waals surface area contributed by atoms with E-state index < -0.39 is 39.5 Å². The number of hydrogen-bond acceptors (Lipinski definition) is 3. The second-order valence-electron chi connectivity index (χ2n) is 7.57. The number of benzene rings is 3. The van der Waals surface area contributed by atoms with Crippen molar-refractivity contribution in [3.8, 4) is 0 Å². The molecule has 0 aliphatic carbocycles. The number of sulfonamides is 1. The first-order valence-corrected chi connectivity index (χ1v) is 13.2. The fourth-order valence-corrected chi connectivity index (χ4v) is 7.68. The first-order chi connectivity index (χ1) is 14.2. The molecule has 3 rings (SSSR count). The Morgan fingerprint density at radius 1 is 0.833 bits per heavy atom. The summed E-state index contributed by atoms with van der Waals surface area (Å²) in [4.78, 5) is 0. The molecule has 0 bridgehead atoms. The van der Waals surface area contributed by atoms with Gasteiger partial charge in [-0.2, -0.15) is 0 Å². The van der Waals surface area contributed by atoms with Crippen LogP contribution in [-0.2, 0) is 27.4 Å². The van der Waals surface area contributed by atoms with Gasteiger partial charge in [-0.1, -0.05) is 0 Å². The summed E-state index contributed by atoms with van der Waals surface area (Å²) in [5.41, 5.74) is 12.0. The molecule has 3 aromatic rings. The van der Waals surface area contributed by atoms with Crippen LogP contribution in [-0.4, -0.2) is 17.7 Å². The van der Waals surface area contributed by atoms with Crippen LogP contribution >= 0.6 is 0 Å². The van der Waals surface area contributed by atoms with Crippen LogP contribution in [0.1, 0.15) is 39.9 Å². The SMILES string of the molecule is Cc1cc(C)[c]([Ru][N](C(c2ccccc2)C(N)c2ccccc2)S(C)(=O)=O)c(C)c1. The molecule has 3 aromatic carbocycles. The van der Waals surface area contributed by atoms with Crippen LogP contribution in [0.5, 0.6) is 0 Å². The average molecular weight is 510 g/mol. The Kier molecular flexibility index (Phi) is 7.25. The summed E-state index contributed by atoms with van der Waals surface area (Å²) in [5, 5.41) is 0. The average Bonchev–Trinajstić information content (AvgIpc) is 2.70. The van der Waals surface area contributed by atoms with E-state index in [-0.39, 0.29) is 0 Å². The van der Waals surface area contributed by atoms with E-state index in [1.807, 2.05) is 60.7 Å². The van der Waals surface area contributed by atoms with E-state index in [2.05, 4.69) is 32.9 Å². The van der Waals surface area contributed by atoms with E-state index in [4.69, 9.17) is 5.73 Å². The van der Waals surface area contributed by atoms with Gasteiger partial charge in [-0.15, -0.1) is 0 Å². The molecular formula is C24H28N2O2RuS. The molecule has 0 aromatic heterocycles. The molecule has 0 saturated heterocycles. The molecular weight excluding hydrogens is 481 g/mol. The van der Waals surface area contributed by atoms with E-state index in [1.54, 1.807) is 3.05 Å². The first kappa shape index (κ1) is 22.8. The zero-order chi connectivity index (χ0) is 21.9. The Bertz CT molecular complexity index is 1080. The van der Waals surface area contributed by atoms with Gasteiger partial charge in [0.1, 0.15) is 0 Å².